The number of amides is 3. The van der Waals surface area contributed by atoms with Crippen LogP contribution in [0, 0.1) is 0 Å². The highest BCUT2D eigenvalue weighted by Gasteiger charge is 2.19. The van der Waals surface area contributed by atoms with Crippen LogP contribution in [-0.2, 0) is 19.1 Å². The lowest BCUT2D eigenvalue weighted by Gasteiger charge is -2.11. The van der Waals surface area contributed by atoms with Crippen molar-refractivity contribution in [1.82, 2.24) is 5.32 Å². The third-order valence-corrected chi connectivity index (χ3v) is 3.59. The molecule has 1 heterocycles. The lowest BCUT2D eigenvalue weighted by Crippen LogP contribution is -2.35. The Balaban J connectivity index is 1.86. The number of amidine groups is 1. The van der Waals surface area contributed by atoms with Crippen LogP contribution in [0.25, 0.3) is 0 Å². The van der Waals surface area contributed by atoms with E-state index in [1.807, 2.05) is 0 Å². The molecule has 9 heteroatoms. The second-order valence-corrected chi connectivity index (χ2v) is 5.41. The number of aliphatic imine (C=N–C) groups is 1. The Bertz CT molecular complexity index is 684. The number of hydrogen-bond donors (Lipinski definition) is 2. The minimum absolute atomic E-state index is 0.0227. The predicted octanol–water partition coefficient (Wildman–Crippen LogP) is 0.547. The maximum Gasteiger partial charge on any atom is 0.337 e. The van der Waals surface area contributed by atoms with Crippen LogP contribution in [0.15, 0.2) is 29.3 Å². The number of nitrogens with zero attached hydrogens (tertiary/aromatic N) is 1. The molecule has 0 saturated heterocycles. The van der Waals surface area contributed by atoms with Gasteiger partial charge in [-0.3, -0.25) is 14.4 Å². The molecule has 0 unspecified atom stereocenters. The van der Waals surface area contributed by atoms with Gasteiger partial charge in [0.15, 0.2) is 5.17 Å². The second kappa shape index (κ2) is 7.54. The first kappa shape index (κ1) is 16.7. The lowest BCUT2D eigenvalue weighted by atomic mass is 10.2. The van der Waals surface area contributed by atoms with Gasteiger partial charge in [-0.25, -0.2) is 4.79 Å². The molecule has 2 rings (SSSR count). The molecule has 23 heavy (non-hydrogen) atoms. The lowest BCUT2D eigenvalue weighted by molar-refractivity contribution is -0.127. The Labute approximate surface area is 135 Å². The van der Waals surface area contributed by atoms with Gasteiger partial charge in [0.1, 0.15) is 6.42 Å². The first-order valence-electron chi connectivity index (χ1n) is 6.50. The van der Waals surface area contributed by atoms with Gasteiger partial charge in [-0.1, -0.05) is 11.8 Å². The van der Waals surface area contributed by atoms with Crippen molar-refractivity contribution in [3.8, 4) is 0 Å². The van der Waals surface area contributed by atoms with Crippen molar-refractivity contribution in [2.24, 2.45) is 4.99 Å². The Morgan fingerprint density at radius 1 is 1.30 bits per heavy atom. The van der Waals surface area contributed by atoms with Gasteiger partial charge < -0.3 is 15.4 Å². The predicted molar refractivity (Wildman–Crippen MR) is 84.1 cm³/mol. The molecule has 0 radical (unpaired) electrons. The van der Waals surface area contributed by atoms with E-state index in [0.717, 1.165) is 11.8 Å². The molecule has 0 aliphatic carbocycles. The van der Waals surface area contributed by atoms with Gasteiger partial charge in [0.2, 0.25) is 11.8 Å². The fourth-order valence-electron chi connectivity index (χ4n) is 1.69. The zero-order chi connectivity index (χ0) is 16.8. The maximum atomic E-state index is 11.8. The highest BCUT2D eigenvalue weighted by Crippen LogP contribution is 2.12. The summed E-state index contributed by atoms with van der Waals surface area (Å²) in [7, 11) is 1.28. The van der Waals surface area contributed by atoms with E-state index in [-0.39, 0.29) is 23.2 Å². The van der Waals surface area contributed by atoms with Crippen molar-refractivity contribution in [3.05, 3.63) is 29.8 Å². The fourth-order valence-corrected chi connectivity index (χ4v) is 2.38. The van der Waals surface area contributed by atoms with E-state index in [0.29, 0.717) is 11.3 Å². The zero-order valence-electron chi connectivity index (χ0n) is 12.1. The summed E-state index contributed by atoms with van der Waals surface area (Å²) in [4.78, 5) is 49.0. The van der Waals surface area contributed by atoms with Gasteiger partial charge in [0.25, 0.3) is 5.91 Å². The number of rotatable bonds is 4. The summed E-state index contributed by atoms with van der Waals surface area (Å²) in [6.45, 7) is 0. The maximum absolute atomic E-state index is 11.8. The standard InChI is InChI=1S/C14H13N3O5S/c1-22-13(21)8-2-4-9(5-3-8)15-12(20)7-23-14-16-10(18)6-11(19)17-14/h2-5H,6-7H2,1H3,(H,15,20)(H,16,17,18,19). The normalized spacial score (nSPS) is 13.9. The zero-order valence-corrected chi connectivity index (χ0v) is 12.9. The summed E-state index contributed by atoms with van der Waals surface area (Å²) in [5.41, 5.74) is 0.881. The van der Waals surface area contributed by atoms with E-state index >= 15 is 0 Å². The minimum atomic E-state index is -0.532. The summed E-state index contributed by atoms with van der Waals surface area (Å²) in [5, 5.41) is 5.15. The molecule has 8 nitrogen and oxygen atoms in total. The van der Waals surface area contributed by atoms with Crippen molar-refractivity contribution >= 4 is 46.3 Å². The average Bonchev–Trinajstić information content (AvgIpc) is 2.52. The largest absolute Gasteiger partial charge is 0.465 e. The van der Waals surface area contributed by atoms with E-state index in [9.17, 15) is 19.2 Å². The van der Waals surface area contributed by atoms with Crippen molar-refractivity contribution in [1.29, 1.82) is 0 Å². The van der Waals surface area contributed by atoms with Crippen molar-refractivity contribution in [3.63, 3.8) is 0 Å². The molecule has 2 N–H and O–H groups in total. The van der Waals surface area contributed by atoms with Gasteiger partial charge in [0, 0.05) is 5.69 Å². The van der Waals surface area contributed by atoms with E-state index in [1.54, 1.807) is 12.1 Å². The molecule has 3 amide bonds. The number of carbonyl (C=O) groups excluding carboxylic acids is 4. The molecule has 0 fully saturated rings. The molecule has 1 aromatic carbocycles. The van der Waals surface area contributed by atoms with Gasteiger partial charge in [-0.05, 0) is 24.3 Å². The summed E-state index contributed by atoms with van der Waals surface area (Å²) >= 11 is 0.955. The highest BCUT2D eigenvalue weighted by atomic mass is 32.2. The van der Waals surface area contributed by atoms with E-state index in [1.165, 1.54) is 19.2 Å². The second-order valence-electron chi connectivity index (χ2n) is 4.44. The number of esters is 1. The number of hydrogen-bond acceptors (Lipinski definition) is 6. The number of anilines is 1. The molecule has 0 saturated carbocycles. The summed E-state index contributed by atoms with van der Waals surface area (Å²) in [6.07, 6.45) is -0.275. The highest BCUT2D eigenvalue weighted by molar-refractivity contribution is 8.14. The topological polar surface area (TPSA) is 114 Å². The average molecular weight is 335 g/mol. The van der Waals surface area contributed by atoms with Crippen LogP contribution in [0.4, 0.5) is 5.69 Å². The van der Waals surface area contributed by atoms with Gasteiger partial charge >= 0.3 is 5.97 Å². The molecular weight excluding hydrogens is 322 g/mol. The minimum Gasteiger partial charge on any atom is -0.465 e. The number of carbonyl (C=O) groups is 4. The molecule has 1 aliphatic rings. The van der Waals surface area contributed by atoms with Crippen LogP contribution in [0.3, 0.4) is 0 Å². The number of ether oxygens (including phenoxy) is 1. The summed E-state index contributed by atoms with van der Waals surface area (Å²) in [5.74, 6) is -1.79. The molecule has 0 atom stereocenters. The van der Waals surface area contributed by atoms with Crippen LogP contribution < -0.4 is 10.6 Å². The molecule has 0 spiro atoms. The Morgan fingerprint density at radius 3 is 2.61 bits per heavy atom. The fraction of sp³-hybridized carbons (Fsp3) is 0.214. The third-order valence-electron chi connectivity index (χ3n) is 2.71. The molecule has 120 valence electrons. The Morgan fingerprint density at radius 2 is 2.00 bits per heavy atom. The van der Waals surface area contributed by atoms with Crippen LogP contribution in [0.2, 0.25) is 0 Å². The van der Waals surface area contributed by atoms with Crippen LogP contribution in [-0.4, -0.2) is 41.7 Å². The van der Waals surface area contributed by atoms with Crippen LogP contribution >= 0.6 is 11.8 Å². The summed E-state index contributed by atoms with van der Waals surface area (Å²) < 4.78 is 4.58. The van der Waals surface area contributed by atoms with Crippen molar-refractivity contribution in [2.75, 3.05) is 18.2 Å². The van der Waals surface area contributed by atoms with Crippen LogP contribution in [0.1, 0.15) is 16.8 Å². The Kier molecular flexibility index (Phi) is 5.47. The molecule has 1 aromatic rings. The molecule has 0 bridgehead atoms. The van der Waals surface area contributed by atoms with Crippen LogP contribution in [0.5, 0.6) is 0 Å². The van der Waals surface area contributed by atoms with E-state index in [4.69, 9.17) is 0 Å². The number of nitrogens with one attached hydrogen (secondary N) is 2. The van der Waals surface area contributed by atoms with E-state index < -0.39 is 17.8 Å². The van der Waals surface area contributed by atoms with Gasteiger partial charge in [-0.15, -0.1) is 0 Å². The SMILES string of the molecule is COC(=O)c1ccc(NC(=O)CSC2=NC(=O)CC(=O)N2)cc1. The monoisotopic (exact) mass is 335 g/mol. The van der Waals surface area contributed by atoms with Gasteiger partial charge in [-0.2, -0.15) is 4.99 Å². The smallest absolute Gasteiger partial charge is 0.337 e. The van der Waals surface area contributed by atoms with Gasteiger partial charge in [0.05, 0.1) is 18.4 Å². The molecule has 1 aliphatic heterocycles. The van der Waals surface area contributed by atoms with Crippen molar-refractivity contribution < 1.29 is 23.9 Å². The molecule has 0 aromatic heterocycles. The quantitative estimate of drug-likeness (QED) is 0.613. The third kappa shape index (κ3) is 4.92. The first-order chi connectivity index (χ1) is 11.0. The molecular formula is C14H13N3O5S. The van der Waals surface area contributed by atoms with E-state index in [2.05, 4.69) is 20.4 Å². The van der Waals surface area contributed by atoms with Crippen molar-refractivity contribution in [2.45, 2.75) is 6.42 Å². The Hall–Kier alpha value is -2.68. The number of methoxy groups -OCH3 is 1. The first-order valence-corrected chi connectivity index (χ1v) is 7.49. The summed E-state index contributed by atoms with van der Waals surface area (Å²) in [6, 6.07) is 6.19. The number of benzene rings is 1. The number of thioether (sulfide) groups is 1.